The Morgan fingerprint density at radius 2 is 1.95 bits per heavy atom. The SMILES string of the molecule is O=C(O)c1ccnc(C(=O)N2CCCC2C2CCCC2)c1. The number of pyridine rings is 1. The van der Waals surface area contributed by atoms with Gasteiger partial charge < -0.3 is 10.0 Å². The molecular weight excluding hydrogens is 268 g/mol. The molecule has 5 nitrogen and oxygen atoms in total. The molecular formula is C16H20N2O3. The van der Waals surface area contributed by atoms with E-state index < -0.39 is 5.97 Å². The molecule has 0 bridgehead atoms. The fourth-order valence-electron chi connectivity index (χ4n) is 3.70. The Labute approximate surface area is 124 Å². The first-order valence-electron chi connectivity index (χ1n) is 7.67. The number of aromatic nitrogens is 1. The molecule has 0 aromatic carbocycles. The summed E-state index contributed by atoms with van der Waals surface area (Å²) in [7, 11) is 0. The highest BCUT2D eigenvalue weighted by atomic mass is 16.4. The first kappa shape index (κ1) is 14.0. The summed E-state index contributed by atoms with van der Waals surface area (Å²) in [5.74, 6) is -0.535. The van der Waals surface area contributed by atoms with E-state index in [9.17, 15) is 9.59 Å². The maximum atomic E-state index is 12.7. The molecule has 1 N–H and O–H groups in total. The van der Waals surface area contributed by atoms with Gasteiger partial charge in [-0.05, 0) is 43.7 Å². The molecule has 1 aliphatic carbocycles. The summed E-state index contributed by atoms with van der Waals surface area (Å²) in [6.07, 6.45) is 8.43. The number of likely N-dealkylation sites (tertiary alicyclic amines) is 1. The van der Waals surface area contributed by atoms with Gasteiger partial charge in [0.15, 0.2) is 0 Å². The van der Waals surface area contributed by atoms with Crippen LogP contribution in [0, 0.1) is 5.92 Å². The van der Waals surface area contributed by atoms with Crippen LogP contribution in [-0.2, 0) is 0 Å². The number of carbonyl (C=O) groups is 2. The zero-order valence-corrected chi connectivity index (χ0v) is 12.0. The highest BCUT2D eigenvalue weighted by Gasteiger charge is 2.36. The number of aromatic carboxylic acids is 1. The van der Waals surface area contributed by atoms with Crippen LogP contribution in [0.3, 0.4) is 0 Å². The quantitative estimate of drug-likeness (QED) is 0.928. The predicted molar refractivity (Wildman–Crippen MR) is 77.2 cm³/mol. The second kappa shape index (κ2) is 5.84. The van der Waals surface area contributed by atoms with Gasteiger partial charge in [-0.3, -0.25) is 9.78 Å². The standard InChI is InChI=1S/C16H20N2O3/c19-15(13-10-12(16(20)21)7-8-17-13)18-9-3-6-14(18)11-4-1-2-5-11/h7-8,10-11,14H,1-6,9H2,(H,20,21). The van der Waals surface area contributed by atoms with Crippen molar-refractivity contribution in [2.24, 2.45) is 5.92 Å². The van der Waals surface area contributed by atoms with Gasteiger partial charge in [-0.15, -0.1) is 0 Å². The minimum absolute atomic E-state index is 0.116. The van der Waals surface area contributed by atoms with Crippen molar-refractivity contribution in [3.63, 3.8) is 0 Å². The first-order valence-corrected chi connectivity index (χ1v) is 7.67. The normalized spacial score (nSPS) is 22.7. The van der Waals surface area contributed by atoms with Crippen molar-refractivity contribution in [3.05, 3.63) is 29.6 Å². The minimum atomic E-state index is -1.03. The van der Waals surface area contributed by atoms with Gasteiger partial charge in [0.2, 0.25) is 0 Å². The molecule has 2 fully saturated rings. The lowest BCUT2D eigenvalue weighted by molar-refractivity contribution is 0.0683. The van der Waals surface area contributed by atoms with E-state index in [1.165, 1.54) is 44.0 Å². The number of hydrogen-bond acceptors (Lipinski definition) is 3. The van der Waals surface area contributed by atoms with Crippen molar-refractivity contribution >= 4 is 11.9 Å². The van der Waals surface area contributed by atoms with Gasteiger partial charge in [-0.2, -0.15) is 0 Å². The van der Waals surface area contributed by atoms with Crippen LogP contribution in [0.15, 0.2) is 18.3 Å². The summed E-state index contributed by atoms with van der Waals surface area (Å²) in [4.78, 5) is 29.7. The second-order valence-electron chi connectivity index (χ2n) is 5.99. The summed E-state index contributed by atoms with van der Waals surface area (Å²) >= 11 is 0. The number of nitrogens with zero attached hydrogens (tertiary/aromatic N) is 2. The predicted octanol–water partition coefficient (Wildman–Crippen LogP) is 2.57. The Morgan fingerprint density at radius 3 is 2.67 bits per heavy atom. The molecule has 2 aliphatic rings. The Bertz CT molecular complexity index is 552. The number of carboxylic acid groups (broad SMARTS) is 1. The molecule has 1 aliphatic heterocycles. The molecule has 1 aromatic rings. The van der Waals surface area contributed by atoms with Crippen molar-refractivity contribution in [1.29, 1.82) is 0 Å². The maximum absolute atomic E-state index is 12.7. The average Bonchev–Trinajstić information content (AvgIpc) is 3.17. The van der Waals surface area contributed by atoms with Crippen molar-refractivity contribution in [3.8, 4) is 0 Å². The maximum Gasteiger partial charge on any atom is 0.335 e. The Kier molecular flexibility index (Phi) is 3.90. The van der Waals surface area contributed by atoms with E-state index in [0.717, 1.165) is 19.4 Å². The Morgan fingerprint density at radius 1 is 1.19 bits per heavy atom. The van der Waals surface area contributed by atoms with E-state index in [1.54, 1.807) is 0 Å². The van der Waals surface area contributed by atoms with E-state index in [4.69, 9.17) is 5.11 Å². The minimum Gasteiger partial charge on any atom is -0.478 e. The molecule has 5 heteroatoms. The van der Waals surface area contributed by atoms with Crippen LogP contribution in [-0.4, -0.2) is 39.5 Å². The third-order valence-corrected chi connectivity index (χ3v) is 4.73. The number of amides is 1. The number of carboxylic acids is 1. The third kappa shape index (κ3) is 2.77. The van der Waals surface area contributed by atoms with Gasteiger partial charge in [-0.1, -0.05) is 12.8 Å². The van der Waals surface area contributed by atoms with Gasteiger partial charge in [0.25, 0.3) is 5.91 Å². The molecule has 0 spiro atoms. The van der Waals surface area contributed by atoms with Gasteiger partial charge in [0.1, 0.15) is 5.69 Å². The fourth-order valence-corrected chi connectivity index (χ4v) is 3.70. The van der Waals surface area contributed by atoms with Gasteiger partial charge in [0, 0.05) is 18.8 Å². The zero-order chi connectivity index (χ0) is 14.8. The van der Waals surface area contributed by atoms with E-state index in [1.807, 2.05) is 4.90 Å². The number of hydrogen-bond donors (Lipinski definition) is 1. The lowest BCUT2D eigenvalue weighted by Gasteiger charge is -2.29. The lowest BCUT2D eigenvalue weighted by Crippen LogP contribution is -2.39. The average molecular weight is 288 g/mol. The number of rotatable bonds is 3. The van der Waals surface area contributed by atoms with Crippen LogP contribution in [0.2, 0.25) is 0 Å². The van der Waals surface area contributed by atoms with E-state index in [2.05, 4.69) is 4.98 Å². The van der Waals surface area contributed by atoms with Crippen molar-refractivity contribution in [1.82, 2.24) is 9.88 Å². The summed E-state index contributed by atoms with van der Waals surface area (Å²) in [5, 5.41) is 9.03. The fraction of sp³-hybridized carbons (Fsp3) is 0.562. The van der Waals surface area contributed by atoms with Crippen LogP contribution in [0.4, 0.5) is 0 Å². The van der Waals surface area contributed by atoms with Gasteiger partial charge in [0.05, 0.1) is 5.56 Å². The largest absolute Gasteiger partial charge is 0.478 e. The summed E-state index contributed by atoms with van der Waals surface area (Å²) < 4.78 is 0. The van der Waals surface area contributed by atoms with Crippen LogP contribution in [0.5, 0.6) is 0 Å². The van der Waals surface area contributed by atoms with Gasteiger partial charge in [-0.25, -0.2) is 4.79 Å². The molecule has 1 atom stereocenters. The van der Waals surface area contributed by atoms with Gasteiger partial charge >= 0.3 is 5.97 Å². The molecule has 1 aromatic heterocycles. The second-order valence-corrected chi connectivity index (χ2v) is 5.99. The molecule has 1 saturated carbocycles. The first-order chi connectivity index (χ1) is 10.2. The molecule has 1 saturated heterocycles. The highest BCUT2D eigenvalue weighted by molar-refractivity contribution is 5.96. The van der Waals surface area contributed by atoms with E-state index >= 15 is 0 Å². The van der Waals surface area contributed by atoms with Crippen molar-refractivity contribution in [2.45, 2.75) is 44.6 Å². The molecule has 112 valence electrons. The monoisotopic (exact) mass is 288 g/mol. The molecule has 0 radical (unpaired) electrons. The number of carbonyl (C=O) groups excluding carboxylic acids is 1. The lowest BCUT2D eigenvalue weighted by atomic mass is 9.96. The molecule has 1 amide bonds. The molecule has 1 unspecified atom stereocenters. The molecule has 3 rings (SSSR count). The summed E-state index contributed by atoms with van der Waals surface area (Å²) in [6.45, 7) is 0.763. The molecule has 2 heterocycles. The Hall–Kier alpha value is -1.91. The smallest absolute Gasteiger partial charge is 0.335 e. The van der Waals surface area contributed by atoms with Crippen molar-refractivity contribution < 1.29 is 14.7 Å². The zero-order valence-electron chi connectivity index (χ0n) is 12.0. The van der Waals surface area contributed by atoms with Crippen LogP contribution >= 0.6 is 0 Å². The van der Waals surface area contributed by atoms with Crippen LogP contribution < -0.4 is 0 Å². The van der Waals surface area contributed by atoms with Crippen LogP contribution in [0.1, 0.15) is 59.4 Å². The van der Waals surface area contributed by atoms with Crippen molar-refractivity contribution in [2.75, 3.05) is 6.54 Å². The topological polar surface area (TPSA) is 70.5 Å². The summed E-state index contributed by atoms with van der Waals surface area (Å²) in [5.41, 5.74) is 0.366. The summed E-state index contributed by atoms with van der Waals surface area (Å²) in [6, 6.07) is 3.11. The molecule has 21 heavy (non-hydrogen) atoms. The Balaban J connectivity index is 1.80. The third-order valence-electron chi connectivity index (χ3n) is 4.73. The van der Waals surface area contributed by atoms with E-state index in [0.29, 0.717) is 12.0 Å². The van der Waals surface area contributed by atoms with E-state index in [-0.39, 0.29) is 17.2 Å². The highest BCUT2D eigenvalue weighted by Crippen LogP contribution is 2.35. The van der Waals surface area contributed by atoms with Crippen LogP contribution in [0.25, 0.3) is 0 Å².